The summed E-state index contributed by atoms with van der Waals surface area (Å²) in [4.78, 5) is 40.6. The highest BCUT2D eigenvalue weighted by molar-refractivity contribution is 9.11. The number of hydrogen-bond acceptors (Lipinski definition) is 5. The van der Waals surface area contributed by atoms with Gasteiger partial charge >= 0.3 is 0 Å². The highest BCUT2D eigenvalue weighted by Gasteiger charge is 2.37. The van der Waals surface area contributed by atoms with E-state index in [0.717, 1.165) is 45.1 Å². The molecule has 6 nitrogen and oxygen atoms in total. The Hall–Kier alpha value is -1.62. The van der Waals surface area contributed by atoms with Crippen molar-refractivity contribution in [2.24, 2.45) is 0 Å². The zero-order valence-electron chi connectivity index (χ0n) is 17.4. The summed E-state index contributed by atoms with van der Waals surface area (Å²) >= 11 is 11.3. The van der Waals surface area contributed by atoms with E-state index < -0.39 is 11.1 Å². The van der Waals surface area contributed by atoms with Crippen molar-refractivity contribution in [3.63, 3.8) is 0 Å². The van der Waals surface area contributed by atoms with Crippen LogP contribution in [0, 0.1) is 0 Å². The third-order valence-corrected chi connectivity index (χ3v) is 7.85. The lowest BCUT2D eigenvalue weighted by Gasteiger charge is -2.18. The zero-order valence-corrected chi connectivity index (χ0v) is 22.9. The molecule has 10 heteroatoms. The van der Waals surface area contributed by atoms with Gasteiger partial charge in [0.25, 0.3) is 11.1 Å². The Kier molecular flexibility index (Phi) is 7.99. The third-order valence-electron chi connectivity index (χ3n) is 5.24. The van der Waals surface area contributed by atoms with Gasteiger partial charge in [0.15, 0.2) is 0 Å². The van der Waals surface area contributed by atoms with Gasteiger partial charge in [-0.25, -0.2) is 0 Å². The summed E-state index contributed by atoms with van der Waals surface area (Å²) in [5.74, 6) is 0.00792. The minimum Gasteiger partial charge on any atom is -0.487 e. The highest BCUT2D eigenvalue weighted by atomic mass is 79.9. The number of thioether (sulfide) groups is 1. The fraction of sp³-hybridized carbons (Fsp3) is 0.261. The first-order valence-electron chi connectivity index (χ1n) is 10.2. The number of hydrogen-bond donors (Lipinski definition) is 0. The van der Waals surface area contributed by atoms with Crippen LogP contribution in [0.15, 0.2) is 54.7 Å². The van der Waals surface area contributed by atoms with Gasteiger partial charge in [-0.15, -0.1) is 0 Å². The summed E-state index contributed by atoms with van der Waals surface area (Å²) in [6.45, 7) is 1.55. The number of amides is 3. The van der Waals surface area contributed by atoms with Gasteiger partial charge in [0, 0.05) is 17.6 Å². The van der Waals surface area contributed by atoms with Crippen LogP contribution >= 0.6 is 59.6 Å². The molecule has 0 N–H and O–H groups in total. The molecule has 0 aliphatic carbocycles. The van der Waals surface area contributed by atoms with E-state index >= 15 is 0 Å². The first kappa shape index (κ1) is 24.5. The van der Waals surface area contributed by atoms with Crippen LogP contribution in [0.2, 0.25) is 0 Å². The standard InChI is InChI=1S/C23H19Br3N2O4S/c24-16-5-3-14(4-6-16)13-32-21-17(25)9-15(10-18(21)26)11-19-22(30)28(23(31)33-19)12-20(29)27-7-1-2-8-27/h3-6,9-11H,1-2,7-8,12-13H2/b19-11+. The van der Waals surface area contributed by atoms with Crippen molar-refractivity contribution in [1.29, 1.82) is 0 Å². The van der Waals surface area contributed by atoms with E-state index in [0.29, 0.717) is 34.4 Å². The Morgan fingerprint density at radius 2 is 1.67 bits per heavy atom. The number of rotatable bonds is 6. The average Bonchev–Trinajstić information content (AvgIpc) is 3.39. The van der Waals surface area contributed by atoms with E-state index in [1.807, 2.05) is 36.4 Å². The van der Waals surface area contributed by atoms with Crippen LogP contribution in [0.25, 0.3) is 6.08 Å². The number of halogens is 3. The van der Waals surface area contributed by atoms with E-state index in [-0.39, 0.29) is 17.4 Å². The maximum absolute atomic E-state index is 12.8. The molecule has 33 heavy (non-hydrogen) atoms. The number of benzene rings is 2. The van der Waals surface area contributed by atoms with Crippen molar-refractivity contribution in [3.8, 4) is 5.75 Å². The number of carbonyl (C=O) groups is 3. The Labute approximate surface area is 221 Å². The molecule has 3 amide bonds. The fourth-order valence-corrected chi connectivity index (χ4v) is 6.08. The quantitative estimate of drug-likeness (QED) is 0.346. The van der Waals surface area contributed by atoms with Crippen molar-refractivity contribution < 1.29 is 19.1 Å². The molecule has 0 unspecified atom stereocenters. The lowest BCUT2D eigenvalue weighted by atomic mass is 10.2. The van der Waals surface area contributed by atoms with Gasteiger partial charge in [0.2, 0.25) is 5.91 Å². The minimum atomic E-state index is -0.444. The molecule has 2 aliphatic heterocycles. The lowest BCUT2D eigenvalue weighted by molar-refractivity contribution is -0.135. The Bertz CT molecular complexity index is 1110. The SMILES string of the molecule is O=C(CN1C(=O)S/C(=C/c2cc(Br)c(OCc3ccc(Br)cc3)c(Br)c2)C1=O)N1CCCC1. The van der Waals surface area contributed by atoms with Crippen LogP contribution in [0.1, 0.15) is 24.0 Å². The summed E-state index contributed by atoms with van der Waals surface area (Å²) in [6.07, 6.45) is 3.57. The molecule has 2 aromatic carbocycles. The maximum atomic E-state index is 12.8. The molecule has 0 saturated carbocycles. The van der Waals surface area contributed by atoms with Crippen molar-refractivity contribution >= 4 is 82.7 Å². The van der Waals surface area contributed by atoms with E-state index in [1.54, 1.807) is 11.0 Å². The summed E-state index contributed by atoms with van der Waals surface area (Å²) in [5, 5.41) is -0.425. The van der Waals surface area contributed by atoms with Crippen molar-refractivity contribution in [1.82, 2.24) is 9.80 Å². The van der Waals surface area contributed by atoms with Crippen LogP contribution in [0.5, 0.6) is 5.75 Å². The predicted molar refractivity (Wildman–Crippen MR) is 139 cm³/mol. The third kappa shape index (κ3) is 5.90. The molecule has 0 aromatic heterocycles. The average molecular weight is 659 g/mol. The molecule has 2 heterocycles. The normalized spacial score (nSPS) is 17.4. The van der Waals surface area contributed by atoms with Gasteiger partial charge in [0.05, 0.1) is 13.9 Å². The van der Waals surface area contributed by atoms with Crippen LogP contribution in [-0.4, -0.2) is 46.5 Å². The molecule has 172 valence electrons. The van der Waals surface area contributed by atoms with Gasteiger partial charge in [0.1, 0.15) is 18.9 Å². The van der Waals surface area contributed by atoms with Crippen LogP contribution < -0.4 is 4.74 Å². The van der Waals surface area contributed by atoms with E-state index in [9.17, 15) is 14.4 Å². The summed E-state index contributed by atoms with van der Waals surface area (Å²) in [6, 6.07) is 11.5. The largest absolute Gasteiger partial charge is 0.487 e. The van der Waals surface area contributed by atoms with E-state index in [2.05, 4.69) is 47.8 Å². The monoisotopic (exact) mass is 656 g/mol. The fourth-order valence-electron chi connectivity index (χ4n) is 3.53. The molecule has 2 aromatic rings. The molecule has 0 radical (unpaired) electrons. The van der Waals surface area contributed by atoms with E-state index in [4.69, 9.17) is 4.74 Å². The van der Waals surface area contributed by atoms with Crippen LogP contribution in [-0.2, 0) is 16.2 Å². The summed E-state index contributed by atoms with van der Waals surface area (Å²) in [7, 11) is 0. The number of likely N-dealkylation sites (tertiary alicyclic amines) is 1. The maximum Gasteiger partial charge on any atom is 0.294 e. The molecular weight excluding hydrogens is 640 g/mol. The molecular formula is C23H19Br3N2O4S. The Morgan fingerprint density at radius 1 is 1.03 bits per heavy atom. The van der Waals surface area contributed by atoms with Crippen molar-refractivity contribution in [2.75, 3.05) is 19.6 Å². The Balaban J connectivity index is 1.45. The molecule has 4 rings (SSSR count). The predicted octanol–water partition coefficient (Wildman–Crippen LogP) is 6.21. The van der Waals surface area contributed by atoms with Crippen LogP contribution in [0.3, 0.4) is 0 Å². The second-order valence-corrected chi connectivity index (χ2v) is 11.2. The smallest absolute Gasteiger partial charge is 0.294 e. The van der Waals surface area contributed by atoms with Gasteiger partial charge in [-0.2, -0.15) is 0 Å². The molecule has 0 spiro atoms. The topological polar surface area (TPSA) is 66.9 Å². The molecule has 2 aliphatic rings. The Morgan fingerprint density at radius 3 is 2.30 bits per heavy atom. The zero-order chi connectivity index (χ0) is 23.5. The van der Waals surface area contributed by atoms with Gasteiger partial charge in [-0.05, 0) is 97.9 Å². The summed E-state index contributed by atoms with van der Waals surface area (Å²) in [5.41, 5.74) is 1.75. The number of imide groups is 1. The number of nitrogens with zero attached hydrogens (tertiary/aromatic N) is 2. The minimum absolute atomic E-state index is 0.186. The van der Waals surface area contributed by atoms with Gasteiger partial charge in [-0.3, -0.25) is 19.3 Å². The van der Waals surface area contributed by atoms with Gasteiger partial charge in [-0.1, -0.05) is 28.1 Å². The first-order valence-corrected chi connectivity index (χ1v) is 13.4. The summed E-state index contributed by atoms with van der Waals surface area (Å²) < 4.78 is 8.39. The first-order chi connectivity index (χ1) is 15.8. The lowest BCUT2D eigenvalue weighted by Crippen LogP contribution is -2.40. The molecule has 0 bridgehead atoms. The molecule has 2 saturated heterocycles. The van der Waals surface area contributed by atoms with Gasteiger partial charge < -0.3 is 9.64 Å². The second-order valence-electron chi connectivity index (χ2n) is 7.58. The van der Waals surface area contributed by atoms with Crippen molar-refractivity contribution in [2.45, 2.75) is 19.4 Å². The molecule has 0 atom stereocenters. The highest BCUT2D eigenvalue weighted by Crippen LogP contribution is 2.38. The van der Waals surface area contributed by atoms with Crippen LogP contribution in [0.4, 0.5) is 4.79 Å². The molecule has 2 fully saturated rings. The second kappa shape index (κ2) is 10.8. The number of ether oxygens (including phenoxy) is 1. The van der Waals surface area contributed by atoms with Crippen molar-refractivity contribution in [3.05, 3.63) is 65.8 Å². The van der Waals surface area contributed by atoms with E-state index in [1.165, 1.54) is 0 Å². The number of carbonyl (C=O) groups excluding carboxylic acids is 3.